The SMILES string of the molecule is CCCOCC(=O)c1cc(N)cc(Br)c1. The highest BCUT2D eigenvalue weighted by Gasteiger charge is 2.07. The van der Waals surface area contributed by atoms with Gasteiger partial charge in [0, 0.05) is 22.3 Å². The van der Waals surface area contributed by atoms with Crippen LogP contribution in [0.25, 0.3) is 0 Å². The van der Waals surface area contributed by atoms with Crippen molar-refractivity contribution in [2.24, 2.45) is 0 Å². The van der Waals surface area contributed by atoms with E-state index in [2.05, 4.69) is 15.9 Å². The van der Waals surface area contributed by atoms with Crippen molar-refractivity contribution in [2.45, 2.75) is 13.3 Å². The maximum absolute atomic E-state index is 11.6. The third-order valence-electron chi connectivity index (χ3n) is 1.82. The van der Waals surface area contributed by atoms with Crippen molar-refractivity contribution in [3.8, 4) is 0 Å². The largest absolute Gasteiger partial charge is 0.399 e. The fourth-order valence-electron chi connectivity index (χ4n) is 1.17. The molecular weight excluding hydrogens is 258 g/mol. The number of hydrogen-bond acceptors (Lipinski definition) is 3. The first kappa shape index (κ1) is 12.2. The summed E-state index contributed by atoms with van der Waals surface area (Å²) in [5.41, 5.74) is 6.78. The zero-order chi connectivity index (χ0) is 11.3. The molecule has 0 bridgehead atoms. The lowest BCUT2D eigenvalue weighted by molar-refractivity contribution is 0.0761. The molecule has 1 rings (SSSR count). The van der Waals surface area contributed by atoms with Crippen molar-refractivity contribution in [1.29, 1.82) is 0 Å². The number of nitrogen functional groups attached to an aromatic ring is 1. The van der Waals surface area contributed by atoms with E-state index in [1.807, 2.05) is 6.92 Å². The second kappa shape index (κ2) is 5.88. The fraction of sp³-hybridized carbons (Fsp3) is 0.364. The third-order valence-corrected chi connectivity index (χ3v) is 2.28. The summed E-state index contributed by atoms with van der Waals surface area (Å²) >= 11 is 3.29. The van der Waals surface area contributed by atoms with E-state index in [9.17, 15) is 4.79 Å². The van der Waals surface area contributed by atoms with Gasteiger partial charge in [0.05, 0.1) is 0 Å². The van der Waals surface area contributed by atoms with Gasteiger partial charge in [0.25, 0.3) is 0 Å². The van der Waals surface area contributed by atoms with Crippen LogP contribution in [0, 0.1) is 0 Å². The highest BCUT2D eigenvalue weighted by atomic mass is 79.9. The predicted octanol–water partition coefficient (Wildman–Crippen LogP) is 2.64. The zero-order valence-electron chi connectivity index (χ0n) is 8.63. The van der Waals surface area contributed by atoms with Gasteiger partial charge in [-0.15, -0.1) is 0 Å². The molecule has 82 valence electrons. The Kier molecular flexibility index (Phi) is 4.78. The molecule has 0 spiro atoms. The Bertz CT molecular complexity index is 332. The Morgan fingerprint density at radius 3 is 2.80 bits per heavy atom. The minimum absolute atomic E-state index is 0.0450. The number of carbonyl (C=O) groups is 1. The van der Waals surface area contributed by atoms with Crippen LogP contribution in [0.5, 0.6) is 0 Å². The Morgan fingerprint density at radius 1 is 1.47 bits per heavy atom. The number of ketones is 1. The summed E-state index contributed by atoms with van der Waals surface area (Å²) in [6.07, 6.45) is 0.911. The van der Waals surface area contributed by atoms with E-state index < -0.39 is 0 Å². The number of rotatable bonds is 5. The van der Waals surface area contributed by atoms with Crippen LogP contribution in [0.4, 0.5) is 5.69 Å². The molecule has 4 heteroatoms. The molecule has 0 amide bonds. The minimum atomic E-state index is -0.0450. The lowest BCUT2D eigenvalue weighted by atomic mass is 10.1. The fourth-order valence-corrected chi connectivity index (χ4v) is 1.68. The van der Waals surface area contributed by atoms with Crippen molar-refractivity contribution in [3.63, 3.8) is 0 Å². The second-order valence-electron chi connectivity index (χ2n) is 3.25. The third kappa shape index (κ3) is 4.01. The first-order valence-corrected chi connectivity index (χ1v) is 5.59. The van der Waals surface area contributed by atoms with Gasteiger partial charge in [0.15, 0.2) is 5.78 Å². The molecule has 0 saturated heterocycles. The number of carbonyl (C=O) groups excluding carboxylic acids is 1. The van der Waals surface area contributed by atoms with Crippen LogP contribution in [-0.2, 0) is 4.74 Å². The summed E-state index contributed by atoms with van der Waals surface area (Å²) < 4.78 is 5.98. The number of ether oxygens (including phenoxy) is 1. The number of hydrogen-bond donors (Lipinski definition) is 1. The number of nitrogens with two attached hydrogens (primary N) is 1. The number of anilines is 1. The Hall–Kier alpha value is -0.870. The zero-order valence-corrected chi connectivity index (χ0v) is 10.2. The van der Waals surface area contributed by atoms with Gasteiger partial charge in [-0.3, -0.25) is 4.79 Å². The van der Waals surface area contributed by atoms with Gasteiger partial charge < -0.3 is 10.5 Å². The summed E-state index contributed by atoms with van der Waals surface area (Å²) in [4.78, 5) is 11.6. The number of benzene rings is 1. The van der Waals surface area contributed by atoms with Crippen molar-refractivity contribution in [2.75, 3.05) is 18.9 Å². The summed E-state index contributed by atoms with van der Waals surface area (Å²) in [6, 6.07) is 5.15. The molecule has 0 aromatic heterocycles. The van der Waals surface area contributed by atoms with Gasteiger partial charge in [-0.05, 0) is 24.6 Å². The van der Waals surface area contributed by atoms with Crippen molar-refractivity contribution in [1.82, 2.24) is 0 Å². The molecule has 0 fully saturated rings. The van der Waals surface area contributed by atoms with Gasteiger partial charge in [-0.1, -0.05) is 22.9 Å². The molecule has 0 heterocycles. The van der Waals surface area contributed by atoms with E-state index in [0.717, 1.165) is 10.9 Å². The second-order valence-corrected chi connectivity index (χ2v) is 4.16. The topological polar surface area (TPSA) is 52.3 Å². The normalized spacial score (nSPS) is 10.3. The number of Topliss-reactive ketones (excluding diaryl/α,β-unsaturated/α-hetero) is 1. The molecule has 0 radical (unpaired) electrons. The van der Waals surface area contributed by atoms with E-state index in [1.165, 1.54) is 0 Å². The molecular formula is C11H14BrNO2. The summed E-state index contributed by atoms with van der Waals surface area (Å²) in [6.45, 7) is 2.72. The molecule has 0 atom stereocenters. The van der Waals surface area contributed by atoms with Crippen LogP contribution in [0.1, 0.15) is 23.7 Å². The van der Waals surface area contributed by atoms with E-state index in [-0.39, 0.29) is 12.4 Å². The monoisotopic (exact) mass is 271 g/mol. The maximum atomic E-state index is 11.6. The lowest BCUT2D eigenvalue weighted by Gasteiger charge is -2.04. The van der Waals surface area contributed by atoms with Gasteiger partial charge >= 0.3 is 0 Å². The standard InChI is InChI=1S/C11H14BrNO2/c1-2-3-15-7-11(14)8-4-9(12)6-10(13)5-8/h4-6H,2-3,7,13H2,1H3. The minimum Gasteiger partial charge on any atom is -0.399 e. The Balaban J connectivity index is 2.65. The van der Waals surface area contributed by atoms with Crippen molar-refractivity contribution >= 4 is 27.4 Å². The first-order chi connectivity index (χ1) is 7.13. The summed E-state index contributed by atoms with van der Waals surface area (Å²) in [5.74, 6) is -0.0450. The van der Waals surface area contributed by atoms with Crippen LogP contribution in [0.3, 0.4) is 0 Å². The van der Waals surface area contributed by atoms with Gasteiger partial charge in [0.1, 0.15) is 6.61 Å². The average Bonchev–Trinajstić information content (AvgIpc) is 2.16. The van der Waals surface area contributed by atoms with E-state index in [0.29, 0.717) is 17.9 Å². The molecule has 1 aromatic rings. The molecule has 0 unspecified atom stereocenters. The average molecular weight is 272 g/mol. The van der Waals surface area contributed by atoms with E-state index in [1.54, 1.807) is 18.2 Å². The highest BCUT2D eigenvalue weighted by Crippen LogP contribution is 2.17. The Morgan fingerprint density at radius 2 is 2.20 bits per heavy atom. The molecule has 0 aliphatic rings. The van der Waals surface area contributed by atoms with Crippen LogP contribution in [-0.4, -0.2) is 19.0 Å². The summed E-state index contributed by atoms with van der Waals surface area (Å²) in [5, 5.41) is 0. The molecule has 0 saturated carbocycles. The van der Waals surface area contributed by atoms with Crippen molar-refractivity contribution < 1.29 is 9.53 Å². The van der Waals surface area contributed by atoms with Crippen LogP contribution in [0.15, 0.2) is 22.7 Å². The highest BCUT2D eigenvalue weighted by molar-refractivity contribution is 9.10. The number of halogens is 1. The van der Waals surface area contributed by atoms with Crippen LogP contribution in [0.2, 0.25) is 0 Å². The van der Waals surface area contributed by atoms with Crippen LogP contribution >= 0.6 is 15.9 Å². The quantitative estimate of drug-likeness (QED) is 0.509. The van der Waals surface area contributed by atoms with Crippen molar-refractivity contribution in [3.05, 3.63) is 28.2 Å². The summed E-state index contributed by atoms with van der Waals surface area (Å²) in [7, 11) is 0. The smallest absolute Gasteiger partial charge is 0.188 e. The predicted molar refractivity (Wildman–Crippen MR) is 64.0 cm³/mol. The van der Waals surface area contributed by atoms with E-state index >= 15 is 0 Å². The molecule has 2 N–H and O–H groups in total. The molecule has 0 aliphatic carbocycles. The molecule has 1 aromatic carbocycles. The van der Waals surface area contributed by atoms with Gasteiger partial charge in [0.2, 0.25) is 0 Å². The van der Waals surface area contributed by atoms with Gasteiger partial charge in [-0.25, -0.2) is 0 Å². The lowest BCUT2D eigenvalue weighted by Crippen LogP contribution is -2.10. The molecule has 15 heavy (non-hydrogen) atoms. The first-order valence-electron chi connectivity index (χ1n) is 4.80. The Labute approximate surface area is 97.7 Å². The molecule has 3 nitrogen and oxygen atoms in total. The van der Waals surface area contributed by atoms with Crippen LogP contribution < -0.4 is 5.73 Å². The van der Waals surface area contributed by atoms with E-state index in [4.69, 9.17) is 10.5 Å². The van der Waals surface area contributed by atoms with Gasteiger partial charge in [-0.2, -0.15) is 0 Å². The maximum Gasteiger partial charge on any atom is 0.188 e. The molecule has 0 aliphatic heterocycles.